The van der Waals surface area contributed by atoms with Crippen molar-refractivity contribution in [1.29, 1.82) is 0 Å². The quantitative estimate of drug-likeness (QED) is 0.408. The topological polar surface area (TPSA) is 46.5 Å². The van der Waals surface area contributed by atoms with Gasteiger partial charge in [0.1, 0.15) is 12.2 Å². The van der Waals surface area contributed by atoms with Crippen LogP contribution in [0.15, 0.2) is 12.2 Å². The Kier molecular flexibility index (Phi) is 3.96. The van der Waals surface area contributed by atoms with E-state index in [0.717, 1.165) is 19.3 Å². The molecule has 0 saturated carbocycles. The Morgan fingerprint density at radius 3 is 3.00 bits per heavy atom. The second-order valence-electron chi connectivity index (χ2n) is 3.30. The molecule has 1 aliphatic rings. The highest BCUT2D eigenvalue weighted by Gasteiger charge is 2.30. The first kappa shape index (κ1) is 10.3. The summed E-state index contributed by atoms with van der Waals surface area (Å²) in [7, 11) is 0. The van der Waals surface area contributed by atoms with Crippen LogP contribution in [0.5, 0.6) is 0 Å². The number of cyclic esters (lactones) is 1. The van der Waals surface area contributed by atoms with E-state index in [2.05, 4.69) is 6.92 Å². The number of carbonyl (C=O) groups excluding carboxylic acids is 1. The molecule has 0 aromatic rings. The normalized spacial score (nSPS) is 28.3. The SMILES string of the molecule is CCCC/C=C\[C@H]1OC(=O)C[C@H]1O. The molecule has 1 fully saturated rings. The lowest BCUT2D eigenvalue weighted by Gasteiger charge is -2.06. The Balaban J connectivity index is 2.28. The number of carbonyl (C=O) groups is 1. The molecule has 1 rings (SSSR count). The summed E-state index contributed by atoms with van der Waals surface area (Å²) < 4.78 is 4.88. The van der Waals surface area contributed by atoms with Crippen molar-refractivity contribution in [3.05, 3.63) is 12.2 Å². The largest absolute Gasteiger partial charge is 0.455 e. The highest BCUT2D eigenvalue weighted by atomic mass is 16.6. The van der Waals surface area contributed by atoms with Gasteiger partial charge >= 0.3 is 5.97 Å². The summed E-state index contributed by atoms with van der Waals surface area (Å²) in [4.78, 5) is 10.7. The second kappa shape index (κ2) is 5.02. The van der Waals surface area contributed by atoms with E-state index in [0.29, 0.717) is 0 Å². The summed E-state index contributed by atoms with van der Waals surface area (Å²) in [5.41, 5.74) is 0. The first-order chi connectivity index (χ1) is 6.24. The summed E-state index contributed by atoms with van der Waals surface area (Å²) in [5, 5.41) is 9.32. The van der Waals surface area contributed by atoms with Crippen LogP contribution in [0.3, 0.4) is 0 Å². The van der Waals surface area contributed by atoms with Gasteiger partial charge in [-0.05, 0) is 12.5 Å². The fourth-order valence-corrected chi connectivity index (χ4v) is 1.29. The van der Waals surface area contributed by atoms with Crippen molar-refractivity contribution in [2.45, 2.75) is 44.8 Å². The van der Waals surface area contributed by atoms with E-state index in [1.165, 1.54) is 0 Å². The molecular formula is C10H16O3. The predicted octanol–water partition coefficient (Wildman–Crippen LogP) is 1.41. The van der Waals surface area contributed by atoms with Crippen LogP contribution in [-0.4, -0.2) is 23.3 Å². The zero-order valence-electron chi connectivity index (χ0n) is 7.90. The number of rotatable bonds is 4. The Morgan fingerprint density at radius 2 is 2.46 bits per heavy atom. The van der Waals surface area contributed by atoms with E-state index in [1.54, 1.807) is 6.08 Å². The summed E-state index contributed by atoms with van der Waals surface area (Å²) in [6.07, 6.45) is 6.08. The average Bonchev–Trinajstić information content (AvgIpc) is 2.39. The minimum Gasteiger partial charge on any atom is -0.455 e. The van der Waals surface area contributed by atoms with E-state index in [4.69, 9.17) is 4.74 Å². The van der Waals surface area contributed by atoms with Crippen molar-refractivity contribution in [2.75, 3.05) is 0 Å². The number of hydrogen-bond acceptors (Lipinski definition) is 3. The molecule has 1 saturated heterocycles. The summed E-state index contributed by atoms with van der Waals surface area (Å²) in [6.45, 7) is 2.12. The molecule has 0 aromatic carbocycles. The van der Waals surface area contributed by atoms with Crippen molar-refractivity contribution in [2.24, 2.45) is 0 Å². The maximum atomic E-state index is 10.7. The van der Waals surface area contributed by atoms with Gasteiger partial charge in [-0.3, -0.25) is 4.79 Å². The lowest BCUT2D eigenvalue weighted by atomic mass is 10.1. The molecule has 0 radical (unpaired) electrons. The van der Waals surface area contributed by atoms with Crippen LogP contribution < -0.4 is 0 Å². The lowest BCUT2D eigenvalue weighted by Crippen LogP contribution is -2.17. The van der Waals surface area contributed by atoms with Crippen molar-refractivity contribution in [1.82, 2.24) is 0 Å². The van der Waals surface area contributed by atoms with Gasteiger partial charge in [0.25, 0.3) is 0 Å². The van der Waals surface area contributed by atoms with Crippen LogP contribution in [0.1, 0.15) is 32.6 Å². The van der Waals surface area contributed by atoms with Gasteiger partial charge in [0.2, 0.25) is 0 Å². The third-order valence-corrected chi connectivity index (χ3v) is 2.07. The van der Waals surface area contributed by atoms with E-state index in [1.807, 2.05) is 6.08 Å². The molecule has 0 spiro atoms. The van der Waals surface area contributed by atoms with Crippen LogP contribution >= 0.6 is 0 Å². The smallest absolute Gasteiger partial charge is 0.309 e. The van der Waals surface area contributed by atoms with Gasteiger partial charge in [-0.15, -0.1) is 0 Å². The first-order valence-electron chi connectivity index (χ1n) is 4.78. The van der Waals surface area contributed by atoms with Gasteiger partial charge in [0.15, 0.2) is 0 Å². The van der Waals surface area contributed by atoms with E-state index < -0.39 is 12.2 Å². The molecule has 13 heavy (non-hydrogen) atoms. The number of aliphatic hydroxyl groups is 1. The number of allylic oxidation sites excluding steroid dienone is 1. The van der Waals surface area contributed by atoms with Gasteiger partial charge in [0, 0.05) is 0 Å². The molecule has 3 heteroatoms. The lowest BCUT2D eigenvalue weighted by molar-refractivity contribution is -0.140. The molecule has 2 atom stereocenters. The summed E-state index contributed by atoms with van der Waals surface area (Å²) >= 11 is 0. The number of ether oxygens (including phenoxy) is 1. The average molecular weight is 184 g/mol. The molecule has 1 N–H and O–H groups in total. The Labute approximate surface area is 78.4 Å². The van der Waals surface area contributed by atoms with Crippen LogP contribution in [0.4, 0.5) is 0 Å². The Hall–Kier alpha value is -0.830. The molecule has 74 valence electrons. The van der Waals surface area contributed by atoms with E-state index in [-0.39, 0.29) is 12.4 Å². The number of unbranched alkanes of at least 4 members (excludes halogenated alkanes) is 2. The Bertz CT molecular complexity index is 198. The molecule has 0 amide bonds. The number of aliphatic hydroxyl groups excluding tert-OH is 1. The van der Waals surface area contributed by atoms with Gasteiger partial charge in [-0.2, -0.15) is 0 Å². The zero-order valence-corrected chi connectivity index (χ0v) is 7.90. The fraction of sp³-hybridized carbons (Fsp3) is 0.700. The molecule has 1 aliphatic heterocycles. The van der Waals surface area contributed by atoms with Crippen LogP contribution in [-0.2, 0) is 9.53 Å². The standard InChI is InChI=1S/C10H16O3/c1-2-3-4-5-6-9-8(11)7-10(12)13-9/h5-6,8-9,11H,2-4,7H2,1H3/b6-5-/t8-,9-/m1/s1. The second-order valence-corrected chi connectivity index (χ2v) is 3.30. The van der Waals surface area contributed by atoms with Crippen molar-refractivity contribution < 1.29 is 14.6 Å². The molecule has 0 bridgehead atoms. The maximum absolute atomic E-state index is 10.7. The summed E-state index contributed by atoms with van der Waals surface area (Å²) in [5.74, 6) is -0.308. The third kappa shape index (κ3) is 3.19. The van der Waals surface area contributed by atoms with Crippen LogP contribution in [0, 0.1) is 0 Å². The Morgan fingerprint density at radius 1 is 1.69 bits per heavy atom. The minimum atomic E-state index is -0.648. The molecular weight excluding hydrogens is 168 g/mol. The minimum absolute atomic E-state index is 0.128. The van der Waals surface area contributed by atoms with Crippen LogP contribution in [0.2, 0.25) is 0 Å². The van der Waals surface area contributed by atoms with Crippen LogP contribution in [0.25, 0.3) is 0 Å². The fourth-order valence-electron chi connectivity index (χ4n) is 1.29. The van der Waals surface area contributed by atoms with E-state index >= 15 is 0 Å². The van der Waals surface area contributed by atoms with Crippen molar-refractivity contribution in [3.63, 3.8) is 0 Å². The summed E-state index contributed by atoms with van der Waals surface area (Å²) in [6, 6.07) is 0. The molecule has 1 heterocycles. The van der Waals surface area contributed by atoms with Gasteiger partial charge in [0.05, 0.1) is 6.42 Å². The van der Waals surface area contributed by atoms with E-state index in [9.17, 15) is 9.90 Å². The van der Waals surface area contributed by atoms with Gasteiger partial charge in [-0.1, -0.05) is 25.8 Å². The molecule has 0 aromatic heterocycles. The molecule has 0 unspecified atom stereocenters. The van der Waals surface area contributed by atoms with Gasteiger partial charge < -0.3 is 9.84 Å². The monoisotopic (exact) mass is 184 g/mol. The maximum Gasteiger partial charge on any atom is 0.309 e. The highest BCUT2D eigenvalue weighted by molar-refractivity contribution is 5.72. The van der Waals surface area contributed by atoms with Crippen molar-refractivity contribution >= 4 is 5.97 Å². The number of hydrogen-bond donors (Lipinski definition) is 1. The first-order valence-corrected chi connectivity index (χ1v) is 4.78. The number of esters is 1. The zero-order chi connectivity index (χ0) is 9.68. The highest BCUT2D eigenvalue weighted by Crippen LogP contribution is 2.16. The van der Waals surface area contributed by atoms with Crippen molar-refractivity contribution in [3.8, 4) is 0 Å². The molecule has 3 nitrogen and oxygen atoms in total. The predicted molar refractivity (Wildman–Crippen MR) is 49.2 cm³/mol. The molecule has 0 aliphatic carbocycles. The van der Waals surface area contributed by atoms with Gasteiger partial charge in [-0.25, -0.2) is 0 Å². The third-order valence-electron chi connectivity index (χ3n) is 2.07.